The molecule has 0 atom stereocenters. The van der Waals surface area contributed by atoms with Gasteiger partial charge in [-0.3, -0.25) is 9.98 Å². The Labute approximate surface area is 258 Å². The van der Waals surface area contributed by atoms with Gasteiger partial charge in [-0.05, 0) is 84.0 Å². The van der Waals surface area contributed by atoms with Gasteiger partial charge in [0.05, 0.1) is 35.2 Å². The van der Waals surface area contributed by atoms with Crippen LogP contribution in [0, 0.1) is 0 Å². The standard InChI is InChI=1S/C31H38ClN3.2ClH.V/c1-7-21-13-23(9-3)30(24(10-4)14-21)33-19-28-17-27(32)18-29(35-28)20-34-31-25(11-5)15-22(8-2)16-26(31)12-6;;;/h13-20H,7-12H2,1-6H3;2*1H;/q;;;+2/p-2. The summed E-state index contributed by atoms with van der Waals surface area (Å²) in [7, 11) is 0. The number of rotatable bonds is 10. The van der Waals surface area contributed by atoms with E-state index in [-0.39, 0.29) is 43.4 Å². The van der Waals surface area contributed by atoms with Gasteiger partial charge in [0.15, 0.2) is 0 Å². The molecule has 0 bridgehead atoms. The fourth-order valence-electron chi connectivity index (χ4n) is 4.41. The van der Waals surface area contributed by atoms with Gasteiger partial charge < -0.3 is 24.8 Å². The van der Waals surface area contributed by atoms with Gasteiger partial charge in [-0.25, -0.2) is 4.98 Å². The number of aromatic nitrogens is 1. The van der Waals surface area contributed by atoms with Crippen molar-refractivity contribution in [3.63, 3.8) is 0 Å². The van der Waals surface area contributed by atoms with Crippen LogP contribution in [0.4, 0.5) is 11.4 Å². The van der Waals surface area contributed by atoms with Crippen molar-refractivity contribution in [3.05, 3.63) is 86.2 Å². The fraction of sp³-hybridized carbons (Fsp3) is 0.387. The Morgan fingerprint density at radius 1 is 0.579 bits per heavy atom. The SMILES string of the molecule is CCc1cc(CC)c(N=Cc2cc(Cl)cc(C=Nc3c(CC)cc(CC)cc3CC)n2)c(CC)c1.[Cl-].[Cl-].[V+2]. The Balaban J connectivity index is 0.00000456. The second-order valence-electron chi connectivity index (χ2n) is 8.80. The summed E-state index contributed by atoms with van der Waals surface area (Å²) in [5.74, 6) is 0. The van der Waals surface area contributed by atoms with Gasteiger partial charge in [0.2, 0.25) is 0 Å². The van der Waals surface area contributed by atoms with Crippen LogP contribution in [0.25, 0.3) is 0 Å². The van der Waals surface area contributed by atoms with E-state index >= 15 is 0 Å². The second-order valence-corrected chi connectivity index (χ2v) is 9.23. The molecule has 0 aliphatic rings. The van der Waals surface area contributed by atoms with Crippen LogP contribution in [-0.4, -0.2) is 17.4 Å². The van der Waals surface area contributed by atoms with E-state index in [1.165, 1.54) is 33.4 Å². The number of halogens is 3. The van der Waals surface area contributed by atoms with E-state index in [1.807, 2.05) is 24.6 Å². The molecule has 2 aromatic carbocycles. The topological polar surface area (TPSA) is 37.6 Å². The third kappa shape index (κ3) is 9.24. The Hall–Kier alpha value is -1.62. The number of pyridine rings is 1. The van der Waals surface area contributed by atoms with Gasteiger partial charge in [0.1, 0.15) is 0 Å². The minimum absolute atomic E-state index is 0. The number of nitrogens with zero attached hydrogens (tertiary/aromatic N) is 3. The first-order valence-corrected chi connectivity index (χ1v) is 13.4. The largest absolute Gasteiger partial charge is 2.00 e. The van der Waals surface area contributed by atoms with E-state index in [0.29, 0.717) is 5.02 Å². The van der Waals surface area contributed by atoms with Crippen molar-refractivity contribution in [1.82, 2.24) is 4.98 Å². The summed E-state index contributed by atoms with van der Waals surface area (Å²) < 4.78 is 0. The molecule has 0 aliphatic carbocycles. The van der Waals surface area contributed by atoms with Crippen molar-refractivity contribution in [2.45, 2.75) is 80.1 Å². The van der Waals surface area contributed by atoms with Crippen LogP contribution in [0.3, 0.4) is 0 Å². The molecule has 38 heavy (non-hydrogen) atoms. The van der Waals surface area contributed by atoms with Crippen LogP contribution < -0.4 is 24.8 Å². The molecule has 3 rings (SSSR count). The molecule has 3 nitrogen and oxygen atoms in total. The van der Waals surface area contributed by atoms with Crippen LogP contribution in [0.2, 0.25) is 5.02 Å². The maximum Gasteiger partial charge on any atom is 2.00 e. The molecule has 0 amide bonds. The van der Waals surface area contributed by atoms with E-state index in [1.54, 1.807) is 0 Å². The summed E-state index contributed by atoms with van der Waals surface area (Å²) in [6.07, 6.45) is 9.51. The summed E-state index contributed by atoms with van der Waals surface area (Å²) in [4.78, 5) is 14.5. The number of benzene rings is 2. The normalized spacial score (nSPS) is 10.8. The molecule has 7 heteroatoms. The molecule has 0 aliphatic heterocycles. The summed E-state index contributed by atoms with van der Waals surface area (Å²) in [6, 6.07) is 12.8. The Morgan fingerprint density at radius 3 is 1.16 bits per heavy atom. The molecule has 0 fully saturated rings. The third-order valence-corrected chi connectivity index (χ3v) is 6.70. The Kier molecular flexibility index (Phi) is 17.1. The van der Waals surface area contributed by atoms with Crippen molar-refractivity contribution in [3.8, 4) is 0 Å². The average molecular weight is 610 g/mol. The molecule has 1 aromatic heterocycles. The number of aliphatic imine (C=N–C) groups is 2. The van der Waals surface area contributed by atoms with Gasteiger partial charge in [0, 0.05) is 5.02 Å². The number of hydrogen-bond acceptors (Lipinski definition) is 3. The first-order valence-electron chi connectivity index (χ1n) is 13.0. The van der Waals surface area contributed by atoms with Gasteiger partial charge >= 0.3 is 18.6 Å². The van der Waals surface area contributed by atoms with Crippen LogP contribution in [0.1, 0.15) is 86.3 Å². The number of aryl methyl sites for hydroxylation is 6. The molecule has 0 N–H and O–H groups in total. The average Bonchev–Trinajstić information content (AvgIpc) is 2.89. The summed E-state index contributed by atoms with van der Waals surface area (Å²) in [5, 5.41) is 0.628. The van der Waals surface area contributed by atoms with Crippen molar-refractivity contribution in [1.29, 1.82) is 0 Å². The maximum absolute atomic E-state index is 6.46. The van der Waals surface area contributed by atoms with Crippen LogP contribution in [0.15, 0.2) is 46.4 Å². The van der Waals surface area contributed by atoms with Crippen molar-refractivity contribution >= 4 is 35.4 Å². The summed E-state index contributed by atoms with van der Waals surface area (Å²) in [6.45, 7) is 13.1. The van der Waals surface area contributed by atoms with Crippen LogP contribution in [-0.2, 0) is 57.1 Å². The van der Waals surface area contributed by atoms with Gasteiger partial charge in [-0.2, -0.15) is 0 Å². The molecule has 0 saturated carbocycles. The van der Waals surface area contributed by atoms with E-state index in [4.69, 9.17) is 26.6 Å². The molecule has 0 unspecified atom stereocenters. The van der Waals surface area contributed by atoms with E-state index < -0.39 is 0 Å². The fourth-order valence-corrected chi connectivity index (χ4v) is 4.64. The predicted molar refractivity (Wildman–Crippen MR) is 153 cm³/mol. The van der Waals surface area contributed by atoms with E-state index in [2.05, 4.69) is 65.8 Å². The molecule has 203 valence electrons. The minimum Gasteiger partial charge on any atom is -1.00 e. The van der Waals surface area contributed by atoms with Gasteiger partial charge in [-0.15, -0.1) is 0 Å². The van der Waals surface area contributed by atoms with Crippen LogP contribution >= 0.6 is 11.6 Å². The van der Waals surface area contributed by atoms with E-state index in [0.717, 1.165) is 61.3 Å². The Bertz CT molecular complexity index is 1100. The first-order chi connectivity index (χ1) is 17.0. The van der Waals surface area contributed by atoms with Crippen molar-refractivity contribution in [2.75, 3.05) is 0 Å². The molecular weight excluding hydrogens is 572 g/mol. The predicted octanol–water partition coefficient (Wildman–Crippen LogP) is 2.62. The molecule has 3 aromatic rings. The van der Waals surface area contributed by atoms with Crippen LogP contribution in [0.5, 0.6) is 0 Å². The second kappa shape index (κ2) is 17.9. The summed E-state index contributed by atoms with van der Waals surface area (Å²) in [5.41, 5.74) is 11.4. The quantitative estimate of drug-likeness (QED) is 0.326. The monoisotopic (exact) mass is 608 g/mol. The van der Waals surface area contributed by atoms with E-state index in [9.17, 15) is 0 Å². The maximum atomic E-state index is 6.46. The Morgan fingerprint density at radius 2 is 0.895 bits per heavy atom. The van der Waals surface area contributed by atoms with Crippen molar-refractivity contribution in [2.24, 2.45) is 9.98 Å². The van der Waals surface area contributed by atoms with Gasteiger partial charge in [0.25, 0.3) is 0 Å². The molecular formula is C31H38Cl3N3V. The van der Waals surface area contributed by atoms with Crippen molar-refractivity contribution < 1.29 is 43.4 Å². The number of hydrogen-bond donors (Lipinski definition) is 0. The molecule has 1 radical (unpaired) electrons. The minimum atomic E-state index is 0. The van der Waals surface area contributed by atoms with Gasteiger partial charge in [-0.1, -0.05) is 77.4 Å². The zero-order chi connectivity index (χ0) is 25.4. The zero-order valence-corrected chi connectivity index (χ0v) is 26.9. The molecule has 0 saturated heterocycles. The molecule has 1 heterocycles. The third-order valence-electron chi connectivity index (χ3n) is 6.48. The smallest absolute Gasteiger partial charge is 1.00 e. The molecule has 0 spiro atoms. The zero-order valence-electron chi connectivity index (χ0n) is 23.3. The first kappa shape index (κ1) is 36.4. The summed E-state index contributed by atoms with van der Waals surface area (Å²) >= 11 is 6.46.